The van der Waals surface area contributed by atoms with Crippen molar-refractivity contribution in [1.29, 1.82) is 5.41 Å². The van der Waals surface area contributed by atoms with Crippen molar-refractivity contribution in [1.82, 2.24) is 30.4 Å². The number of para-hydroxylation sites is 2. The number of allylic oxidation sites excluding steroid dienone is 1. The second-order valence-corrected chi connectivity index (χ2v) is 13.2. The molecule has 13 nitrogen and oxygen atoms in total. The van der Waals surface area contributed by atoms with Gasteiger partial charge in [-0.1, -0.05) is 12.1 Å². The van der Waals surface area contributed by atoms with Gasteiger partial charge in [-0.15, -0.1) is 0 Å². The van der Waals surface area contributed by atoms with Crippen LogP contribution in [0.25, 0.3) is 16.6 Å². The fourth-order valence-corrected chi connectivity index (χ4v) is 7.04. The van der Waals surface area contributed by atoms with Gasteiger partial charge in [-0.3, -0.25) is 39.2 Å². The zero-order valence-corrected chi connectivity index (χ0v) is 27.0. The van der Waals surface area contributed by atoms with E-state index in [0.717, 1.165) is 54.5 Å². The number of benzene rings is 2. The minimum atomic E-state index is -0.996. The van der Waals surface area contributed by atoms with Gasteiger partial charge in [-0.2, -0.15) is 0 Å². The van der Waals surface area contributed by atoms with Crippen molar-refractivity contribution >= 4 is 58.0 Å². The molecule has 2 aromatic carbocycles. The number of carbonyl (C=O) groups excluding carboxylic acids is 5. The largest absolute Gasteiger partial charge is 0.387 e. The maximum Gasteiger partial charge on any atom is 0.262 e. The van der Waals surface area contributed by atoms with Crippen LogP contribution in [-0.4, -0.2) is 87.2 Å². The van der Waals surface area contributed by atoms with Gasteiger partial charge >= 0.3 is 0 Å². The van der Waals surface area contributed by atoms with Gasteiger partial charge in [0.05, 0.1) is 34.1 Å². The van der Waals surface area contributed by atoms with Crippen LogP contribution >= 0.6 is 0 Å². The van der Waals surface area contributed by atoms with Crippen molar-refractivity contribution in [2.24, 2.45) is 5.41 Å². The molecule has 1 saturated carbocycles. The minimum absolute atomic E-state index is 0.0738. The van der Waals surface area contributed by atoms with Gasteiger partial charge in [0.25, 0.3) is 11.8 Å². The molecular weight excluding hydrogens is 624 g/mol. The van der Waals surface area contributed by atoms with E-state index in [1.807, 2.05) is 35.4 Å². The summed E-state index contributed by atoms with van der Waals surface area (Å²) in [6.07, 6.45) is 9.90. The van der Waals surface area contributed by atoms with Crippen LogP contribution in [0.1, 0.15) is 77.8 Å². The van der Waals surface area contributed by atoms with E-state index in [1.165, 1.54) is 6.21 Å². The number of likely N-dealkylation sites (tertiary alicyclic amines) is 1. The lowest BCUT2D eigenvalue weighted by Crippen LogP contribution is -2.54. The molecule has 1 unspecified atom stereocenters. The van der Waals surface area contributed by atoms with Crippen molar-refractivity contribution in [3.63, 3.8) is 0 Å². The Labute approximate surface area is 283 Å². The molecule has 4 N–H and O–H groups in total. The number of rotatable bonds is 11. The number of anilines is 1. The SMILES string of the molecule is N=C/C(=C\NC1CCN(C(=O)C2(CCCNc3ccc4c(c3)C(=O)N(C3CCC(=O)NC3=O)C4=O)CC2)CC1)c1cnc2ccccc2n1. The van der Waals surface area contributed by atoms with Crippen molar-refractivity contribution in [3.05, 3.63) is 71.7 Å². The average molecular weight is 663 g/mol. The van der Waals surface area contributed by atoms with Crippen LogP contribution in [0, 0.1) is 10.8 Å². The number of imide groups is 2. The molecule has 0 radical (unpaired) electrons. The summed E-state index contributed by atoms with van der Waals surface area (Å²) in [4.78, 5) is 75.6. The zero-order chi connectivity index (χ0) is 34.1. The Kier molecular flexibility index (Phi) is 8.66. The lowest BCUT2D eigenvalue weighted by molar-refractivity contribution is -0.138. The van der Waals surface area contributed by atoms with E-state index in [2.05, 4.69) is 25.9 Å². The smallest absolute Gasteiger partial charge is 0.262 e. The van der Waals surface area contributed by atoms with Crippen molar-refractivity contribution in [2.45, 2.75) is 63.5 Å². The van der Waals surface area contributed by atoms with Crippen LogP contribution in [0.2, 0.25) is 0 Å². The Morgan fingerprint density at radius 1 is 1.00 bits per heavy atom. The third kappa shape index (κ3) is 6.40. The lowest BCUT2D eigenvalue weighted by Gasteiger charge is -2.34. The molecule has 5 amide bonds. The number of piperidine rings is 2. The van der Waals surface area contributed by atoms with Crippen LogP contribution in [0.5, 0.6) is 0 Å². The number of fused-ring (bicyclic) bond motifs is 2. The van der Waals surface area contributed by atoms with E-state index in [9.17, 15) is 24.0 Å². The zero-order valence-electron chi connectivity index (χ0n) is 27.0. The molecule has 13 heteroatoms. The summed E-state index contributed by atoms with van der Waals surface area (Å²) in [7, 11) is 0. The molecule has 1 aliphatic carbocycles. The number of aromatic nitrogens is 2. The Hall–Kier alpha value is -5.46. The predicted octanol–water partition coefficient (Wildman–Crippen LogP) is 3.27. The number of hydrogen-bond donors (Lipinski definition) is 4. The van der Waals surface area contributed by atoms with Gasteiger partial charge < -0.3 is 20.9 Å². The molecule has 49 heavy (non-hydrogen) atoms. The predicted molar refractivity (Wildman–Crippen MR) is 182 cm³/mol. The molecular formula is C36H38N8O5. The molecule has 7 rings (SSSR count). The van der Waals surface area contributed by atoms with E-state index in [4.69, 9.17) is 5.41 Å². The molecule has 252 valence electrons. The Balaban J connectivity index is 0.875. The first kappa shape index (κ1) is 32.1. The summed E-state index contributed by atoms with van der Waals surface area (Å²) in [5.74, 6) is -1.88. The van der Waals surface area contributed by atoms with Gasteiger partial charge in [0.2, 0.25) is 17.7 Å². The molecule has 3 aromatic rings. The number of hydrogen-bond acceptors (Lipinski definition) is 10. The second kappa shape index (κ2) is 13.2. The summed E-state index contributed by atoms with van der Waals surface area (Å²) < 4.78 is 0. The molecule has 2 saturated heterocycles. The van der Waals surface area contributed by atoms with Crippen molar-refractivity contribution in [3.8, 4) is 0 Å². The molecule has 0 bridgehead atoms. The van der Waals surface area contributed by atoms with E-state index in [0.29, 0.717) is 36.6 Å². The van der Waals surface area contributed by atoms with Gasteiger partial charge in [-0.25, -0.2) is 4.98 Å². The van der Waals surface area contributed by atoms with Crippen molar-refractivity contribution in [2.75, 3.05) is 25.0 Å². The maximum atomic E-state index is 13.6. The van der Waals surface area contributed by atoms with E-state index < -0.39 is 29.7 Å². The standard InChI is InChI=1S/C36H38N8O5/c37-19-22(29-21-40-27-4-1-2-5-28(27)41-29)20-39-23-10-16-43(17-11-23)35(49)36(13-14-36)12-3-15-38-24-6-7-25-26(18-24)34(48)44(33(25)47)30-8-9-31(45)42-32(30)46/h1-2,4-7,18-21,23,30,37-39H,3,8-17H2,(H,42,45,46)/b22-20+,37-19?. The van der Waals surface area contributed by atoms with Crippen LogP contribution in [0.15, 0.2) is 54.9 Å². The molecule has 1 aromatic heterocycles. The Morgan fingerprint density at radius 2 is 1.76 bits per heavy atom. The number of nitrogens with one attached hydrogen (secondary N) is 4. The quantitative estimate of drug-likeness (QED) is 0.136. The first-order chi connectivity index (χ1) is 23.8. The molecule has 1 atom stereocenters. The van der Waals surface area contributed by atoms with Crippen LogP contribution in [0.4, 0.5) is 5.69 Å². The highest BCUT2D eigenvalue weighted by molar-refractivity contribution is 6.23. The lowest BCUT2D eigenvalue weighted by atomic mass is 9.96. The minimum Gasteiger partial charge on any atom is -0.387 e. The topological polar surface area (TPSA) is 178 Å². The number of amides is 5. The first-order valence-electron chi connectivity index (χ1n) is 16.8. The third-order valence-electron chi connectivity index (χ3n) is 10.1. The summed E-state index contributed by atoms with van der Waals surface area (Å²) in [6, 6.07) is 11.8. The number of carbonyl (C=O) groups is 5. The van der Waals surface area contributed by atoms with Crippen LogP contribution < -0.4 is 16.0 Å². The number of nitrogens with zero attached hydrogens (tertiary/aromatic N) is 4. The molecule has 3 fully saturated rings. The highest BCUT2D eigenvalue weighted by Crippen LogP contribution is 2.51. The monoisotopic (exact) mass is 662 g/mol. The summed E-state index contributed by atoms with van der Waals surface area (Å²) in [5, 5.41) is 16.9. The maximum absolute atomic E-state index is 13.6. The summed E-state index contributed by atoms with van der Waals surface area (Å²) >= 11 is 0. The Bertz CT molecular complexity index is 1890. The molecule has 4 aliphatic rings. The van der Waals surface area contributed by atoms with Crippen LogP contribution in [0.3, 0.4) is 0 Å². The fraction of sp³-hybridized carbons (Fsp3) is 0.389. The van der Waals surface area contributed by atoms with Gasteiger partial charge in [-0.05, 0) is 75.3 Å². The van der Waals surface area contributed by atoms with E-state index in [1.54, 1.807) is 24.4 Å². The second-order valence-electron chi connectivity index (χ2n) is 13.2. The van der Waals surface area contributed by atoms with E-state index in [-0.39, 0.29) is 41.3 Å². The highest BCUT2D eigenvalue weighted by atomic mass is 16.2. The summed E-state index contributed by atoms with van der Waals surface area (Å²) in [5.41, 5.74) is 3.72. The highest BCUT2D eigenvalue weighted by Gasteiger charge is 2.51. The van der Waals surface area contributed by atoms with Gasteiger partial charge in [0, 0.05) is 61.2 Å². The average Bonchev–Trinajstić information content (AvgIpc) is 3.87. The van der Waals surface area contributed by atoms with Crippen LogP contribution in [-0.2, 0) is 14.4 Å². The van der Waals surface area contributed by atoms with E-state index >= 15 is 0 Å². The van der Waals surface area contributed by atoms with Gasteiger partial charge in [0.15, 0.2) is 0 Å². The van der Waals surface area contributed by atoms with Crippen molar-refractivity contribution < 1.29 is 24.0 Å². The third-order valence-corrected chi connectivity index (χ3v) is 10.1. The summed E-state index contributed by atoms with van der Waals surface area (Å²) in [6.45, 7) is 1.96. The normalized spacial score (nSPS) is 20.7. The first-order valence-corrected chi connectivity index (χ1v) is 16.8. The molecule has 3 aliphatic heterocycles. The molecule has 4 heterocycles. The van der Waals surface area contributed by atoms with Gasteiger partial charge in [0.1, 0.15) is 6.04 Å². The fourth-order valence-electron chi connectivity index (χ4n) is 7.04. The molecule has 0 spiro atoms. The Morgan fingerprint density at radius 3 is 2.49 bits per heavy atom.